The van der Waals surface area contributed by atoms with Gasteiger partial charge in [0.2, 0.25) is 0 Å². The molecule has 1 N–H and O–H groups in total. The van der Waals surface area contributed by atoms with E-state index in [0.29, 0.717) is 5.69 Å². The molecule has 0 saturated carbocycles. The summed E-state index contributed by atoms with van der Waals surface area (Å²) in [6, 6.07) is 11.9. The van der Waals surface area contributed by atoms with Crippen LogP contribution in [0.2, 0.25) is 0 Å². The van der Waals surface area contributed by atoms with Crippen LogP contribution in [0.25, 0.3) is 5.69 Å². The molecular weight excluding hydrogens is 411 g/mol. The lowest BCUT2D eigenvalue weighted by Gasteiger charge is -2.11. The zero-order valence-electron chi connectivity index (χ0n) is 14.8. The second-order valence-electron chi connectivity index (χ2n) is 5.78. The number of sulfonamides is 1. The van der Waals surface area contributed by atoms with Gasteiger partial charge in [0.15, 0.2) is 5.69 Å². The molecular formula is C18H14F3N3O4S. The Labute approximate surface area is 163 Å². The van der Waals surface area contributed by atoms with E-state index >= 15 is 0 Å². The number of carbonyl (C=O) groups is 1. The first-order valence-corrected chi connectivity index (χ1v) is 9.53. The minimum absolute atomic E-state index is 0.129. The van der Waals surface area contributed by atoms with Crippen molar-refractivity contribution in [2.24, 2.45) is 0 Å². The number of hydrogen-bond acceptors (Lipinski definition) is 5. The summed E-state index contributed by atoms with van der Waals surface area (Å²) in [5.41, 5.74) is -0.716. The summed E-state index contributed by atoms with van der Waals surface area (Å²) in [6.07, 6.45) is -3.41. The molecule has 1 aromatic heterocycles. The number of anilines is 1. The zero-order chi connectivity index (χ0) is 21.2. The first-order chi connectivity index (χ1) is 13.6. The lowest BCUT2D eigenvalue weighted by Crippen LogP contribution is -2.17. The number of methoxy groups -OCH3 is 1. The average Bonchev–Trinajstić information content (AvgIpc) is 3.18. The van der Waals surface area contributed by atoms with Crippen molar-refractivity contribution >= 4 is 21.7 Å². The number of rotatable bonds is 5. The maximum absolute atomic E-state index is 12.7. The fourth-order valence-electron chi connectivity index (χ4n) is 2.49. The summed E-state index contributed by atoms with van der Waals surface area (Å²) >= 11 is 0. The Hall–Kier alpha value is -3.34. The van der Waals surface area contributed by atoms with Gasteiger partial charge < -0.3 is 4.74 Å². The Morgan fingerprint density at radius 2 is 1.72 bits per heavy atom. The molecule has 0 aliphatic heterocycles. The van der Waals surface area contributed by atoms with Crippen LogP contribution in [-0.2, 0) is 20.9 Å². The lowest BCUT2D eigenvalue weighted by molar-refractivity contribution is -0.141. The van der Waals surface area contributed by atoms with E-state index in [1.54, 1.807) is 0 Å². The Morgan fingerprint density at radius 1 is 1.07 bits per heavy atom. The van der Waals surface area contributed by atoms with Gasteiger partial charge in [0.1, 0.15) is 4.90 Å². The maximum atomic E-state index is 12.7. The second-order valence-corrected chi connectivity index (χ2v) is 7.43. The first-order valence-electron chi connectivity index (χ1n) is 8.05. The predicted molar refractivity (Wildman–Crippen MR) is 97.2 cm³/mol. The largest absolute Gasteiger partial charge is 0.465 e. The van der Waals surface area contributed by atoms with Crippen molar-refractivity contribution in [3.05, 3.63) is 72.1 Å². The number of ether oxygens (including phenoxy) is 1. The molecule has 11 heteroatoms. The molecule has 152 valence electrons. The fraction of sp³-hybridized carbons (Fsp3) is 0.111. The van der Waals surface area contributed by atoms with Gasteiger partial charge in [-0.1, -0.05) is 12.1 Å². The molecule has 1 heterocycles. The van der Waals surface area contributed by atoms with Gasteiger partial charge >= 0.3 is 12.1 Å². The predicted octanol–water partition coefficient (Wildman–Crippen LogP) is 3.48. The number of alkyl halides is 3. The number of benzene rings is 2. The van der Waals surface area contributed by atoms with Crippen LogP contribution < -0.4 is 4.72 Å². The van der Waals surface area contributed by atoms with Crippen molar-refractivity contribution in [3.63, 3.8) is 0 Å². The average molecular weight is 425 g/mol. The first kappa shape index (κ1) is 20.4. The molecule has 0 saturated heterocycles. The van der Waals surface area contributed by atoms with E-state index in [1.807, 2.05) is 0 Å². The van der Waals surface area contributed by atoms with Gasteiger partial charge in [0.25, 0.3) is 10.0 Å². The summed E-state index contributed by atoms with van der Waals surface area (Å²) in [7, 11) is -2.98. The van der Waals surface area contributed by atoms with Crippen LogP contribution in [0.1, 0.15) is 16.1 Å². The third kappa shape index (κ3) is 4.40. The summed E-state index contributed by atoms with van der Waals surface area (Å²) in [4.78, 5) is 11.5. The number of halogens is 3. The van der Waals surface area contributed by atoms with E-state index in [0.717, 1.165) is 24.1 Å². The fourth-order valence-corrected chi connectivity index (χ4v) is 3.75. The molecule has 3 rings (SSSR count). The third-order valence-electron chi connectivity index (χ3n) is 3.85. The Morgan fingerprint density at radius 3 is 2.31 bits per heavy atom. The Bertz CT molecular complexity index is 1140. The number of nitrogens with one attached hydrogen (secondary N) is 1. The van der Waals surface area contributed by atoms with Gasteiger partial charge in [-0.05, 0) is 42.5 Å². The van der Waals surface area contributed by atoms with E-state index in [-0.39, 0.29) is 16.1 Å². The van der Waals surface area contributed by atoms with Crippen molar-refractivity contribution in [2.75, 3.05) is 11.8 Å². The number of esters is 1. The van der Waals surface area contributed by atoms with Crippen molar-refractivity contribution in [1.29, 1.82) is 0 Å². The molecule has 0 bridgehead atoms. The maximum Gasteiger partial charge on any atom is 0.435 e. The van der Waals surface area contributed by atoms with Crippen LogP contribution in [0.5, 0.6) is 0 Å². The van der Waals surface area contributed by atoms with Crippen molar-refractivity contribution < 1.29 is 31.1 Å². The Balaban J connectivity index is 1.85. The van der Waals surface area contributed by atoms with E-state index in [1.165, 1.54) is 48.5 Å². The molecule has 0 fully saturated rings. The molecule has 2 aromatic carbocycles. The summed E-state index contributed by atoms with van der Waals surface area (Å²) in [6.45, 7) is 0. The van der Waals surface area contributed by atoms with Crippen LogP contribution in [0.15, 0.2) is 65.7 Å². The minimum atomic E-state index is -4.56. The monoisotopic (exact) mass is 425 g/mol. The van der Waals surface area contributed by atoms with E-state index in [4.69, 9.17) is 0 Å². The van der Waals surface area contributed by atoms with Crippen LogP contribution in [-0.4, -0.2) is 31.3 Å². The van der Waals surface area contributed by atoms with E-state index in [2.05, 4.69) is 14.6 Å². The second kappa shape index (κ2) is 7.59. The van der Waals surface area contributed by atoms with Gasteiger partial charge in [-0.25, -0.2) is 17.9 Å². The van der Waals surface area contributed by atoms with Crippen LogP contribution >= 0.6 is 0 Å². The van der Waals surface area contributed by atoms with E-state index in [9.17, 15) is 26.4 Å². The molecule has 0 aliphatic rings. The lowest BCUT2D eigenvalue weighted by atomic mass is 10.2. The van der Waals surface area contributed by atoms with Crippen LogP contribution in [0, 0.1) is 0 Å². The smallest absolute Gasteiger partial charge is 0.435 e. The minimum Gasteiger partial charge on any atom is -0.465 e. The summed E-state index contributed by atoms with van der Waals surface area (Å²) in [5.74, 6) is -0.805. The number of carbonyl (C=O) groups excluding carboxylic acids is 1. The molecule has 3 aromatic rings. The zero-order valence-corrected chi connectivity index (χ0v) is 15.7. The quantitative estimate of drug-likeness (QED) is 0.632. The van der Waals surface area contributed by atoms with Gasteiger partial charge in [-0.2, -0.15) is 18.3 Å². The highest BCUT2D eigenvalue weighted by Gasteiger charge is 2.33. The SMILES string of the molecule is COC(=O)c1ccccc1S(=O)(=O)Nc1ccc(-n2ccc(C(F)(F)F)n2)cc1. The summed E-state index contributed by atoms with van der Waals surface area (Å²) < 4.78 is 71.2. The molecule has 0 radical (unpaired) electrons. The van der Waals surface area contributed by atoms with Crippen LogP contribution in [0.4, 0.5) is 18.9 Å². The summed E-state index contributed by atoms with van der Waals surface area (Å²) in [5, 5.41) is 3.45. The topological polar surface area (TPSA) is 90.3 Å². The molecule has 0 amide bonds. The van der Waals surface area contributed by atoms with Crippen molar-refractivity contribution in [2.45, 2.75) is 11.1 Å². The molecule has 0 spiro atoms. The van der Waals surface area contributed by atoms with Crippen molar-refractivity contribution in [1.82, 2.24) is 9.78 Å². The number of aromatic nitrogens is 2. The highest BCUT2D eigenvalue weighted by molar-refractivity contribution is 7.92. The van der Waals surface area contributed by atoms with Gasteiger partial charge in [-0.3, -0.25) is 4.72 Å². The third-order valence-corrected chi connectivity index (χ3v) is 5.28. The molecule has 0 aliphatic carbocycles. The molecule has 0 unspecified atom stereocenters. The van der Waals surface area contributed by atoms with Gasteiger partial charge in [-0.15, -0.1) is 0 Å². The highest BCUT2D eigenvalue weighted by atomic mass is 32.2. The molecule has 29 heavy (non-hydrogen) atoms. The van der Waals surface area contributed by atoms with Crippen LogP contribution in [0.3, 0.4) is 0 Å². The van der Waals surface area contributed by atoms with Crippen molar-refractivity contribution in [3.8, 4) is 5.69 Å². The Kier molecular flexibility index (Phi) is 5.33. The highest BCUT2D eigenvalue weighted by Crippen LogP contribution is 2.28. The molecule has 7 nitrogen and oxygen atoms in total. The van der Waals surface area contributed by atoms with Gasteiger partial charge in [0.05, 0.1) is 18.4 Å². The molecule has 0 atom stereocenters. The van der Waals surface area contributed by atoms with E-state index < -0.39 is 27.9 Å². The standard InChI is InChI=1S/C18H14F3N3O4S/c1-28-17(25)14-4-2-3-5-15(14)29(26,27)23-12-6-8-13(9-7-12)24-11-10-16(22-24)18(19,20)21/h2-11,23H,1H3. The normalized spacial score (nSPS) is 11.9. The number of hydrogen-bond donors (Lipinski definition) is 1. The number of nitrogens with zero attached hydrogens (tertiary/aromatic N) is 2. The van der Waals surface area contributed by atoms with Gasteiger partial charge in [0, 0.05) is 11.9 Å².